The van der Waals surface area contributed by atoms with Crippen LogP contribution in [0.5, 0.6) is 5.75 Å². The minimum atomic E-state index is -0.0921. The largest absolute Gasteiger partial charge is 0.507 e. The zero-order valence-electron chi connectivity index (χ0n) is 14.5. The topological polar surface area (TPSA) is 49.3 Å². The number of hydrogen-bond acceptors (Lipinski definition) is 3. The second-order valence-corrected chi connectivity index (χ2v) is 7.34. The molecule has 0 radical (unpaired) electrons. The Labute approximate surface area is 155 Å². The highest BCUT2D eigenvalue weighted by atomic mass is 32.1. The first-order valence-corrected chi connectivity index (χ1v) is 9.53. The third-order valence-corrected chi connectivity index (χ3v) is 5.76. The summed E-state index contributed by atoms with van der Waals surface area (Å²) in [5.41, 5.74) is 1.83. The first-order chi connectivity index (χ1) is 12.7. The molecule has 0 saturated heterocycles. The van der Waals surface area contributed by atoms with Crippen LogP contribution in [0.3, 0.4) is 0 Å². The summed E-state index contributed by atoms with van der Waals surface area (Å²) < 4.78 is 1.14. The van der Waals surface area contributed by atoms with Crippen LogP contribution >= 0.6 is 11.3 Å². The summed E-state index contributed by atoms with van der Waals surface area (Å²) in [6.45, 7) is 2.13. The fourth-order valence-corrected chi connectivity index (χ4v) is 4.51. The van der Waals surface area contributed by atoms with Crippen molar-refractivity contribution in [3.63, 3.8) is 0 Å². The van der Waals surface area contributed by atoms with Crippen LogP contribution in [0.15, 0.2) is 60.7 Å². The second-order valence-electron chi connectivity index (χ2n) is 6.29. The van der Waals surface area contributed by atoms with Crippen LogP contribution in [0, 0.1) is 0 Å². The van der Waals surface area contributed by atoms with E-state index in [-0.39, 0.29) is 11.7 Å². The lowest BCUT2D eigenvalue weighted by Gasteiger charge is -2.10. The lowest BCUT2D eigenvalue weighted by Crippen LogP contribution is -2.12. The van der Waals surface area contributed by atoms with Crippen LogP contribution in [0.25, 0.3) is 20.9 Å². The van der Waals surface area contributed by atoms with E-state index in [0.29, 0.717) is 5.69 Å². The van der Waals surface area contributed by atoms with Crippen molar-refractivity contribution in [1.82, 2.24) is 0 Å². The van der Waals surface area contributed by atoms with E-state index in [0.717, 1.165) is 38.8 Å². The quantitative estimate of drug-likeness (QED) is 0.471. The number of carbonyl (C=O) groups is 1. The third-order valence-electron chi connectivity index (χ3n) is 4.55. The Hall–Kier alpha value is -2.85. The summed E-state index contributed by atoms with van der Waals surface area (Å²) in [4.78, 5) is 13.8. The molecule has 1 amide bonds. The molecule has 0 aliphatic rings. The van der Waals surface area contributed by atoms with Gasteiger partial charge in [0.1, 0.15) is 5.75 Å². The van der Waals surface area contributed by atoms with Crippen molar-refractivity contribution in [3.05, 3.63) is 71.1 Å². The van der Waals surface area contributed by atoms with Gasteiger partial charge in [0, 0.05) is 21.2 Å². The SMILES string of the molecule is CCCc1c(C(=O)Nc2cccc3c(O)cccc23)sc2ccccc12. The number of amides is 1. The summed E-state index contributed by atoms with van der Waals surface area (Å²) in [6, 6.07) is 19.1. The van der Waals surface area contributed by atoms with E-state index < -0.39 is 0 Å². The van der Waals surface area contributed by atoms with Crippen molar-refractivity contribution >= 4 is 43.8 Å². The average molecular weight is 361 g/mol. The number of benzene rings is 3. The monoisotopic (exact) mass is 361 g/mol. The highest BCUT2D eigenvalue weighted by molar-refractivity contribution is 7.21. The van der Waals surface area contributed by atoms with Crippen LogP contribution in [-0.2, 0) is 6.42 Å². The van der Waals surface area contributed by atoms with E-state index >= 15 is 0 Å². The molecule has 2 N–H and O–H groups in total. The molecule has 0 spiro atoms. The number of phenols is 1. The van der Waals surface area contributed by atoms with E-state index in [2.05, 4.69) is 24.4 Å². The Balaban J connectivity index is 1.77. The maximum Gasteiger partial charge on any atom is 0.266 e. The molecule has 130 valence electrons. The first kappa shape index (κ1) is 16.6. The van der Waals surface area contributed by atoms with Crippen molar-refractivity contribution in [1.29, 1.82) is 0 Å². The fraction of sp³-hybridized carbons (Fsp3) is 0.136. The Kier molecular flexibility index (Phi) is 4.35. The summed E-state index contributed by atoms with van der Waals surface area (Å²) in [5.74, 6) is 0.123. The number of anilines is 1. The molecule has 1 aromatic heterocycles. The number of thiophene rings is 1. The summed E-state index contributed by atoms with van der Waals surface area (Å²) in [6.07, 6.45) is 1.87. The van der Waals surface area contributed by atoms with Crippen LogP contribution in [0.4, 0.5) is 5.69 Å². The molecule has 4 aromatic rings. The number of phenolic OH excluding ortho intramolecular Hbond substituents is 1. The van der Waals surface area contributed by atoms with Gasteiger partial charge >= 0.3 is 0 Å². The highest BCUT2D eigenvalue weighted by Gasteiger charge is 2.18. The Morgan fingerprint density at radius 3 is 2.54 bits per heavy atom. The first-order valence-electron chi connectivity index (χ1n) is 8.71. The molecule has 1 heterocycles. The molecule has 0 aliphatic heterocycles. The predicted molar refractivity (Wildman–Crippen MR) is 109 cm³/mol. The van der Waals surface area contributed by atoms with Gasteiger partial charge in [0.25, 0.3) is 5.91 Å². The van der Waals surface area contributed by atoms with Gasteiger partial charge in [-0.3, -0.25) is 4.79 Å². The van der Waals surface area contributed by atoms with Crippen LogP contribution < -0.4 is 5.32 Å². The maximum absolute atomic E-state index is 13.0. The van der Waals surface area contributed by atoms with E-state index in [4.69, 9.17) is 0 Å². The van der Waals surface area contributed by atoms with E-state index in [1.807, 2.05) is 36.4 Å². The number of carbonyl (C=O) groups excluding carboxylic acids is 1. The summed E-state index contributed by atoms with van der Waals surface area (Å²) in [5, 5.41) is 15.8. The van der Waals surface area contributed by atoms with E-state index in [1.165, 1.54) is 16.7 Å². The van der Waals surface area contributed by atoms with Gasteiger partial charge in [0.2, 0.25) is 0 Å². The fourth-order valence-electron chi connectivity index (χ4n) is 3.36. The van der Waals surface area contributed by atoms with E-state index in [9.17, 15) is 9.90 Å². The summed E-state index contributed by atoms with van der Waals surface area (Å²) >= 11 is 1.54. The lowest BCUT2D eigenvalue weighted by molar-refractivity contribution is 0.103. The van der Waals surface area contributed by atoms with E-state index in [1.54, 1.807) is 12.1 Å². The lowest BCUT2D eigenvalue weighted by atomic mass is 10.0. The molecule has 0 atom stereocenters. The van der Waals surface area contributed by atoms with Crippen molar-refractivity contribution in [2.24, 2.45) is 0 Å². The van der Waals surface area contributed by atoms with Crippen LogP contribution in [0.2, 0.25) is 0 Å². The van der Waals surface area contributed by atoms with Gasteiger partial charge in [-0.25, -0.2) is 0 Å². The third kappa shape index (κ3) is 2.82. The van der Waals surface area contributed by atoms with Crippen LogP contribution in [0.1, 0.15) is 28.6 Å². The molecule has 3 aromatic carbocycles. The molecule has 26 heavy (non-hydrogen) atoms. The smallest absolute Gasteiger partial charge is 0.266 e. The molecule has 0 saturated carbocycles. The second kappa shape index (κ2) is 6.81. The highest BCUT2D eigenvalue weighted by Crippen LogP contribution is 2.34. The molecular weight excluding hydrogens is 342 g/mol. The van der Waals surface area contributed by atoms with Gasteiger partial charge in [0.15, 0.2) is 0 Å². The standard InChI is InChI=1S/C22H19NO2S/c1-2-7-17-16-8-3-4-13-20(16)26-21(17)22(25)23-18-11-5-10-15-14(18)9-6-12-19(15)24/h3-6,8-13,24H,2,7H2,1H3,(H,23,25). The predicted octanol–water partition coefficient (Wildman–Crippen LogP) is 5.96. The van der Waals surface area contributed by atoms with Gasteiger partial charge in [-0.1, -0.05) is 55.8 Å². The molecule has 0 bridgehead atoms. The minimum absolute atomic E-state index is 0.0921. The van der Waals surface area contributed by atoms with Gasteiger partial charge in [0.05, 0.1) is 4.88 Å². The molecule has 4 heteroatoms. The number of aryl methyl sites for hydroxylation is 1. The Morgan fingerprint density at radius 2 is 1.69 bits per heavy atom. The average Bonchev–Trinajstić information content (AvgIpc) is 3.02. The number of rotatable bonds is 4. The van der Waals surface area contributed by atoms with Gasteiger partial charge in [-0.05, 0) is 35.6 Å². The zero-order chi connectivity index (χ0) is 18.1. The minimum Gasteiger partial charge on any atom is -0.507 e. The van der Waals surface area contributed by atoms with Gasteiger partial charge in [-0.15, -0.1) is 11.3 Å². The van der Waals surface area contributed by atoms with Gasteiger partial charge in [-0.2, -0.15) is 0 Å². The molecule has 0 unspecified atom stereocenters. The zero-order valence-corrected chi connectivity index (χ0v) is 15.3. The normalized spacial score (nSPS) is 11.1. The van der Waals surface area contributed by atoms with Crippen molar-refractivity contribution in [2.75, 3.05) is 5.32 Å². The number of fused-ring (bicyclic) bond motifs is 2. The molecule has 3 nitrogen and oxygen atoms in total. The van der Waals surface area contributed by atoms with Crippen LogP contribution in [-0.4, -0.2) is 11.0 Å². The maximum atomic E-state index is 13.0. The molecule has 4 rings (SSSR count). The Bertz CT molecular complexity index is 1110. The van der Waals surface area contributed by atoms with Gasteiger partial charge < -0.3 is 10.4 Å². The molecule has 0 fully saturated rings. The molecule has 0 aliphatic carbocycles. The van der Waals surface area contributed by atoms with Crippen molar-refractivity contribution in [3.8, 4) is 5.75 Å². The number of hydrogen-bond donors (Lipinski definition) is 2. The number of nitrogens with one attached hydrogen (secondary N) is 1. The Morgan fingerprint density at radius 1 is 0.962 bits per heavy atom. The van der Waals surface area contributed by atoms with Crippen molar-refractivity contribution < 1.29 is 9.90 Å². The molecular formula is C22H19NO2S. The summed E-state index contributed by atoms with van der Waals surface area (Å²) in [7, 11) is 0. The number of aromatic hydroxyl groups is 1. The van der Waals surface area contributed by atoms with Crippen molar-refractivity contribution in [2.45, 2.75) is 19.8 Å².